The molecule has 4 heteroatoms. The van der Waals surface area contributed by atoms with Crippen LogP contribution in [0.4, 0.5) is 0 Å². The van der Waals surface area contributed by atoms with Crippen LogP contribution >= 0.6 is 0 Å². The van der Waals surface area contributed by atoms with Gasteiger partial charge in [0.05, 0.1) is 0 Å². The third-order valence-electron chi connectivity index (χ3n) is 2.72. The highest BCUT2D eigenvalue weighted by Crippen LogP contribution is 2.20. The highest BCUT2D eigenvalue weighted by molar-refractivity contribution is 7.87. The highest BCUT2D eigenvalue weighted by atomic mass is 32.2. The Balaban J connectivity index is 2.34. The quantitative estimate of drug-likeness (QED) is 0.798. The monoisotopic (exact) mass is 262 g/mol. The number of rotatable bonds is 3. The zero-order valence-electron chi connectivity index (χ0n) is 10.3. The summed E-state index contributed by atoms with van der Waals surface area (Å²) < 4.78 is 29.1. The zero-order valence-corrected chi connectivity index (χ0v) is 11.1. The largest absolute Gasteiger partial charge is 0.379 e. The molecule has 18 heavy (non-hydrogen) atoms. The van der Waals surface area contributed by atoms with Gasteiger partial charge in [0.25, 0.3) is 0 Å². The predicted octanol–water partition coefficient (Wildman–Crippen LogP) is 3.07. The van der Waals surface area contributed by atoms with Crippen molar-refractivity contribution >= 4 is 10.1 Å². The molecule has 0 fully saturated rings. The smallest absolute Gasteiger partial charge is 0.339 e. The van der Waals surface area contributed by atoms with E-state index in [0.29, 0.717) is 5.75 Å². The highest BCUT2D eigenvalue weighted by Gasteiger charge is 2.16. The number of para-hydroxylation sites is 1. The number of hydrogen-bond donors (Lipinski definition) is 0. The van der Waals surface area contributed by atoms with Crippen molar-refractivity contribution in [2.24, 2.45) is 0 Å². The fraction of sp³-hybridized carbons (Fsp3) is 0.143. The molecule has 0 heterocycles. The topological polar surface area (TPSA) is 43.4 Å². The Hall–Kier alpha value is -1.81. The van der Waals surface area contributed by atoms with Crippen molar-refractivity contribution in [1.29, 1.82) is 0 Å². The van der Waals surface area contributed by atoms with E-state index in [1.54, 1.807) is 48.5 Å². The van der Waals surface area contributed by atoms with Crippen LogP contribution in [0.3, 0.4) is 0 Å². The lowest BCUT2D eigenvalue weighted by atomic mass is 10.1. The van der Waals surface area contributed by atoms with Gasteiger partial charge in [0, 0.05) is 0 Å². The number of hydrogen-bond acceptors (Lipinski definition) is 3. The third-order valence-corrected chi connectivity index (χ3v) is 3.96. The first-order valence-electron chi connectivity index (χ1n) is 5.56. The van der Waals surface area contributed by atoms with Crippen molar-refractivity contribution in [2.45, 2.75) is 18.7 Å². The Morgan fingerprint density at radius 2 is 1.56 bits per heavy atom. The summed E-state index contributed by atoms with van der Waals surface area (Å²) in [7, 11) is -3.75. The molecule has 0 saturated heterocycles. The molecule has 3 nitrogen and oxygen atoms in total. The van der Waals surface area contributed by atoms with Gasteiger partial charge < -0.3 is 4.18 Å². The summed E-state index contributed by atoms with van der Waals surface area (Å²) in [6.45, 7) is 3.81. The Morgan fingerprint density at radius 3 is 2.17 bits per heavy atom. The first-order chi connectivity index (χ1) is 8.49. The molecular weight excluding hydrogens is 248 g/mol. The first-order valence-corrected chi connectivity index (χ1v) is 6.97. The second-order valence-electron chi connectivity index (χ2n) is 4.10. The van der Waals surface area contributed by atoms with Crippen LogP contribution in [0.25, 0.3) is 0 Å². The van der Waals surface area contributed by atoms with Gasteiger partial charge in [0.2, 0.25) is 0 Å². The van der Waals surface area contributed by atoms with E-state index < -0.39 is 10.1 Å². The minimum absolute atomic E-state index is 0.175. The van der Waals surface area contributed by atoms with Gasteiger partial charge in [-0.1, -0.05) is 24.3 Å². The van der Waals surface area contributed by atoms with E-state index in [0.717, 1.165) is 11.1 Å². The van der Waals surface area contributed by atoms with Crippen molar-refractivity contribution < 1.29 is 12.6 Å². The predicted molar refractivity (Wildman–Crippen MR) is 70.2 cm³/mol. The summed E-state index contributed by atoms with van der Waals surface area (Å²) >= 11 is 0. The fourth-order valence-corrected chi connectivity index (χ4v) is 2.54. The van der Waals surface area contributed by atoms with Crippen molar-refractivity contribution in [3.63, 3.8) is 0 Å². The van der Waals surface area contributed by atoms with E-state index in [1.807, 2.05) is 13.8 Å². The minimum atomic E-state index is -3.75. The summed E-state index contributed by atoms with van der Waals surface area (Å²) in [5.74, 6) is 0.315. The lowest BCUT2D eigenvalue weighted by Gasteiger charge is -2.08. The van der Waals surface area contributed by atoms with Crippen molar-refractivity contribution in [3.05, 3.63) is 59.7 Å². The van der Waals surface area contributed by atoms with Crippen LogP contribution in [0.2, 0.25) is 0 Å². The van der Waals surface area contributed by atoms with E-state index in [4.69, 9.17) is 4.18 Å². The molecule has 0 aliphatic carbocycles. The molecule has 0 spiro atoms. The van der Waals surface area contributed by atoms with Crippen LogP contribution in [-0.4, -0.2) is 8.42 Å². The second-order valence-corrected chi connectivity index (χ2v) is 5.64. The lowest BCUT2D eigenvalue weighted by molar-refractivity contribution is 0.486. The van der Waals surface area contributed by atoms with Crippen LogP contribution < -0.4 is 4.18 Å². The molecule has 0 unspecified atom stereocenters. The van der Waals surface area contributed by atoms with Crippen molar-refractivity contribution in [3.8, 4) is 5.75 Å². The van der Waals surface area contributed by atoms with Crippen LogP contribution in [0.15, 0.2) is 53.4 Å². The standard InChI is InChI=1S/C14H14O3S/c1-11-8-9-14(10-12(11)2)18(15,16)17-13-6-4-3-5-7-13/h3-10H,1-2H3. The van der Waals surface area contributed by atoms with Gasteiger partial charge in [-0.15, -0.1) is 0 Å². The molecule has 0 atom stereocenters. The maximum Gasteiger partial charge on any atom is 0.339 e. The summed E-state index contributed by atoms with van der Waals surface area (Å²) in [5.41, 5.74) is 1.97. The SMILES string of the molecule is Cc1ccc(S(=O)(=O)Oc2ccccc2)cc1C. The molecule has 0 bridgehead atoms. The second kappa shape index (κ2) is 4.82. The maximum absolute atomic E-state index is 12.0. The van der Waals surface area contributed by atoms with Crippen molar-refractivity contribution in [2.75, 3.05) is 0 Å². The Bertz CT molecular complexity index is 646. The zero-order chi connectivity index (χ0) is 13.2. The Labute approximate surface area is 107 Å². The average Bonchev–Trinajstić information content (AvgIpc) is 2.33. The molecule has 2 aromatic carbocycles. The van der Waals surface area contributed by atoms with Crippen LogP contribution in [0, 0.1) is 13.8 Å². The van der Waals surface area contributed by atoms with Gasteiger partial charge in [0.15, 0.2) is 0 Å². The maximum atomic E-state index is 12.0. The van der Waals surface area contributed by atoms with Gasteiger partial charge >= 0.3 is 10.1 Å². The van der Waals surface area contributed by atoms with E-state index in [1.165, 1.54) is 0 Å². The third kappa shape index (κ3) is 2.71. The molecule has 0 aliphatic rings. The minimum Gasteiger partial charge on any atom is -0.379 e. The molecule has 0 amide bonds. The van der Waals surface area contributed by atoms with Crippen LogP contribution in [0.1, 0.15) is 11.1 Å². The Morgan fingerprint density at radius 1 is 0.889 bits per heavy atom. The van der Waals surface area contributed by atoms with Gasteiger partial charge in [-0.2, -0.15) is 8.42 Å². The molecule has 94 valence electrons. The van der Waals surface area contributed by atoms with E-state index >= 15 is 0 Å². The summed E-state index contributed by atoms with van der Waals surface area (Å²) in [6, 6.07) is 13.4. The van der Waals surface area contributed by atoms with Gasteiger partial charge in [-0.05, 0) is 49.2 Å². The Kier molecular flexibility index (Phi) is 3.39. The normalized spacial score (nSPS) is 11.2. The fourth-order valence-electron chi connectivity index (χ4n) is 1.52. The number of aryl methyl sites for hydroxylation is 2. The molecule has 2 rings (SSSR count). The van der Waals surface area contributed by atoms with E-state index in [-0.39, 0.29) is 4.90 Å². The van der Waals surface area contributed by atoms with Gasteiger partial charge in [0.1, 0.15) is 10.6 Å². The molecule has 0 saturated carbocycles. The summed E-state index contributed by atoms with van der Waals surface area (Å²) in [5, 5.41) is 0. The molecule has 2 aromatic rings. The van der Waals surface area contributed by atoms with E-state index in [9.17, 15) is 8.42 Å². The lowest BCUT2D eigenvalue weighted by Crippen LogP contribution is -2.10. The average molecular weight is 262 g/mol. The number of benzene rings is 2. The van der Waals surface area contributed by atoms with Gasteiger partial charge in [-0.25, -0.2) is 0 Å². The molecule has 0 aliphatic heterocycles. The van der Waals surface area contributed by atoms with Crippen LogP contribution in [-0.2, 0) is 10.1 Å². The first kappa shape index (κ1) is 12.6. The summed E-state index contributed by atoms with van der Waals surface area (Å²) in [4.78, 5) is 0.175. The molecular formula is C14H14O3S. The van der Waals surface area contributed by atoms with Crippen LogP contribution in [0.5, 0.6) is 5.75 Å². The summed E-state index contributed by atoms with van der Waals surface area (Å²) in [6.07, 6.45) is 0. The molecule has 0 N–H and O–H groups in total. The van der Waals surface area contributed by atoms with Gasteiger partial charge in [-0.3, -0.25) is 0 Å². The molecule has 0 aromatic heterocycles. The van der Waals surface area contributed by atoms with Crippen molar-refractivity contribution in [1.82, 2.24) is 0 Å². The van der Waals surface area contributed by atoms with E-state index in [2.05, 4.69) is 0 Å². The molecule has 0 radical (unpaired) electrons.